The van der Waals surface area contributed by atoms with Crippen molar-refractivity contribution in [3.8, 4) is 0 Å². The average Bonchev–Trinajstić information content (AvgIpc) is 2.69. The fourth-order valence-electron chi connectivity index (χ4n) is 3.33. The van der Waals surface area contributed by atoms with Gasteiger partial charge in [-0.2, -0.15) is 0 Å². The predicted octanol–water partition coefficient (Wildman–Crippen LogP) is 5.22. The molecule has 2 amide bonds. The van der Waals surface area contributed by atoms with Crippen LogP contribution in [0.15, 0.2) is 34.1 Å². The third-order valence-corrected chi connectivity index (χ3v) is 5.66. The maximum atomic E-state index is 11.0. The summed E-state index contributed by atoms with van der Waals surface area (Å²) < 4.78 is 0. The molecule has 5 heteroatoms. The highest BCUT2D eigenvalue weighted by Crippen LogP contribution is 2.36. The van der Waals surface area contributed by atoms with Crippen LogP contribution < -0.4 is 10.6 Å². The van der Waals surface area contributed by atoms with Crippen molar-refractivity contribution in [1.29, 1.82) is 0 Å². The van der Waals surface area contributed by atoms with Crippen LogP contribution in [0.5, 0.6) is 0 Å². The third-order valence-electron chi connectivity index (χ3n) is 4.72. The van der Waals surface area contributed by atoms with Gasteiger partial charge in [0.15, 0.2) is 0 Å². The maximum absolute atomic E-state index is 11.0. The highest BCUT2D eigenvalue weighted by molar-refractivity contribution is 7.99. The molecule has 0 heterocycles. The van der Waals surface area contributed by atoms with E-state index in [9.17, 15) is 9.59 Å². The minimum Gasteiger partial charge on any atom is -0.328 e. The smallest absolute Gasteiger partial charge is 0.211 e. The molecule has 0 unspecified atom stereocenters. The number of nitrogens with one attached hydrogen (secondary N) is 2. The number of hydrogen-bond acceptors (Lipinski definition) is 3. The van der Waals surface area contributed by atoms with Crippen molar-refractivity contribution in [2.45, 2.75) is 63.2 Å². The van der Waals surface area contributed by atoms with E-state index >= 15 is 0 Å². The molecule has 0 saturated heterocycles. The van der Waals surface area contributed by atoms with Gasteiger partial charge < -0.3 is 10.6 Å². The zero-order valence-electron chi connectivity index (χ0n) is 16.5. The molecule has 0 bridgehead atoms. The summed E-state index contributed by atoms with van der Waals surface area (Å²) in [6.07, 6.45) is 4.95. The Kier molecular flexibility index (Phi) is 7.92. The lowest BCUT2D eigenvalue weighted by molar-refractivity contribution is -0.106. The summed E-state index contributed by atoms with van der Waals surface area (Å²) in [6.45, 7) is 8.40. The van der Waals surface area contributed by atoms with Gasteiger partial charge in [0.05, 0.1) is 0 Å². The number of carbonyl (C=O) groups excluding carboxylic acids is 2. The SMILES string of the molecule is CCc1cc(Sc2cc(CC)c(NC=O)c(CC)c2)cc(CC)c1NC=O. The monoisotopic (exact) mass is 384 g/mol. The molecule has 0 radical (unpaired) electrons. The minimum atomic E-state index is 0.750. The number of aryl methyl sites for hydroxylation is 4. The lowest BCUT2D eigenvalue weighted by Gasteiger charge is -2.17. The quantitative estimate of drug-likeness (QED) is 0.552. The minimum absolute atomic E-state index is 0.750. The lowest BCUT2D eigenvalue weighted by Crippen LogP contribution is -2.04. The van der Waals surface area contributed by atoms with Crippen LogP contribution >= 0.6 is 11.8 Å². The van der Waals surface area contributed by atoms with Gasteiger partial charge in [0.25, 0.3) is 0 Å². The molecule has 144 valence electrons. The Labute approximate surface area is 166 Å². The summed E-state index contributed by atoms with van der Waals surface area (Å²) in [5.41, 5.74) is 6.47. The Balaban J connectivity index is 2.47. The van der Waals surface area contributed by atoms with Crippen molar-refractivity contribution < 1.29 is 9.59 Å². The largest absolute Gasteiger partial charge is 0.328 e. The lowest BCUT2D eigenvalue weighted by atomic mass is 10.0. The van der Waals surface area contributed by atoms with Crippen molar-refractivity contribution in [1.82, 2.24) is 0 Å². The van der Waals surface area contributed by atoms with E-state index in [4.69, 9.17) is 0 Å². The predicted molar refractivity (Wildman–Crippen MR) is 114 cm³/mol. The molecular formula is C22H28N2O2S. The van der Waals surface area contributed by atoms with Gasteiger partial charge in [-0.1, -0.05) is 39.5 Å². The van der Waals surface area contributed by atoms with E-state index in [1.165, 1.54) is 9.79 Å². The van der Waals surface area contributed by atoms with E-state index in [1.54, 1.807) is 11.8 Å². The van der Waals surface area contributed by atoms with Crippen LogP contribution in [-0.2, 0) is 35.3 Å². The second-order valence-corrected chi connectivity index (χ2v) is 7.42. The molecule has 0 fully saturated rings. The van der Waals surface area contributed by atoms with Gasteiger partial charge in [-0.15, -0.1) is 0 Å². The van der Waals surface area contributed by atoms with E-state index in [-0.39, 0.29) is 0 Å². The molecule has 0 atom stereocenters. The maximum Gasteiger partial charge on any atom is 0.211 e. The normalized spacial score (nSPS) is 10.5. The van der Waals surface area contributed by atoms with Crippen molar-refractivity contribution in [2.24, 2.45) is 0 Å². The van der Waals surface area contributed by atoms with Crippen LogP contribution in [0.4, 0.5) is 11.4 Å². The van der Waals surface area contributed by atoms with E-state index < -0.39 is 0 Å². The van der Waals surface area contributed by atoms with Crippen molar-refractivity contribution in [2.75, 3.05) is 10.6 Å². The fraction of sp³-hybridized carbons (Fsp3) is 0.364. The summed E-state index contributed by atoms with van der Waals surface area (Å²) in [5, 5.41) is 5.73. The zero-order valence-corrected chi connectivity index (χ0v) is 17.3. The summed E-state index contributed by atoms with van der Waals surface area (Å²) >= 11 is 1.73. The van der Waals surface area contributed by atoms with E-state index in [0.717, 1.165) is 72.1 Å². The standard InChI is InChI=1S/C22H28N2O2S/c1-5-15-9-19(10-16(6-2)21(15)23-13-25)27-20-11-17(7-3)22(24-14-26)18(8-4)12-20/h9-14H,5-8H2,1-4H3,(H,23,25)(H,24,26). The topological polar surface area (TPSA) is 58.2 Å². The van der Waals surface area contributed by atoms with Crippen LogP contribution in [0.2, 0.25) is 0 Å². The molecule has 0 aliphatic rings. The highest BCUT2D eigenvalue weighted by atomic mass is 32.2. The molecule has 0 spiro atoms. The number of amides is 2. The van der Waals surface area contributed by atoms with E-state index in [1.807, 2.05) is 0 Å². The summed E-state index contributed by atoms with van der Waals surface area (Å²) in [6, 6.07) is 8.63. The van der Waals surface area contributed by atoms with E-state index in [2.05, 4.69) is 62.6 Å². The van der Waals surface area contributed by atoms with Gasteiger partial charge in [-0.3, -0.25) is 9.59 Å². The molecule has 2 aromatic rings. The number of hydrogen-bond donors (Lipinski definition) is 2. The summed E-state index contributed by atoms with van der Waals surface area (Å²) in [4.78, 5) is 24.3. The van der Waals surface area contributed by atoms with Crippen LogP contribution in [0, 0.1) is 0 Å². The molecule has 2 rings (SSSR count). The second-order valence-electron chi connectivity index (χ2n) is 6.27. The summed E-state index contributed by atoms with van der Waals surface area (Å²) in [5.74, 6) is 0. The Bertz CT molecular complexity index is 700. The van der Waals surface area contributed by atoms with Crippen LogP contribution in [-0.4, -0.2) is 12.8 Å². The first-order valence-corrected chi connectivity index (χ1v) is 10.3. The van der Waals surface area contributed by atoms with Gasteiger partial charge in [-0.25, -0.2) is 0 Å². The first-order chi connectivity index (χ1) is 13.1. The molecule has 2 N–H and O–H groups in total. The highest BCUT2D eigenvalue weighted by Gasteiger charge is 2.12. The molecule has 0 aromatic heterocycles. The van der Waals surface area contributed by atoms with E-state index in [0.29, 0.717) is 0 Å². The first kappa shape index (κ1) is 21.0. The van der Waals surface area contributed by atoms with Gasteiger partial charge >= 0.3 is 0 Å². The Morgan fingerprint density at radius 1 is 0.667 bits per heavy atom. The fourth-order valence-corrected chi connectivity index (χ4v) is 4.41. The molecule has 4 nitrogen and oxygen atoms in total. The third kappa shape index (κ3) is 4.92. The molecule has 0 aliphatic heterocycles. The van der Waals surface area contributed by atoms with Crippen LogP contribution in [0.25, 0.3) is 0 Å². The number of benzene rings is 2. The molecule has 0 saturated carbocycles. The number of anilines is 2. The Morgan fingerprint density at radius 2 is 0.963 bits per heavy atom. The van der Waals surface area contributed by atoms with Crippen molar-refractivity contribution in [3.05, 3.63) is 46.5 Å². The second kappa shape index (κ2) is 10.2. The summed E-state index contributed by atoms with van der Waals surface area (Å²) in [7, 11) is 0. The zero-order chi connectivity index (χ0) is 19.8. The van der Waals surface area contributed by atoms with Crippen LogP contribution in [0.1, 0.15) is 49.9 Å². The van der Waals surface area contributed by atoms with Crippen LogP contribution in [0.3, 0.4) is 0 Å². The van der Waals surface area contributed by atoms with Gasteiger partial charge in [0.1, 0.15) is 0 Å². The van der Waals surface area contributed by atoms with Crippen molar-refractivity contribution >= 4 is 36.0 Å². The van der Waals surface area contributed by atoms with Gasteiger partial charge in [0, 0.05) is 21.2 Å². The molecule has 0 aliphatic carbocycles. The Morgan fingerprint density at radius 3 is 1.19 bits per heavy atom. The molecular weight excluding hydrogens is 356 g/mol. The van der Waals surface area contributed by atoms with Crippen molar-refractivity contribution in [3.63, 3.8) is 0 Å². The number of carbonyl (C=O) groups is 2. The molecule has 2 aromatic carbocycles. The Hall–Kier alpha value is -2.27. The average molecular weight is 385 g/mol. The molecule has 27 heavy (non-hydrogen) atoms. The first-order valence-electron chi connectivity index (χ1n) is 9.51. The number of rotatable bonds is 10. The van der Waals surface area contributed by atoms with Gasteiger partial charge in [0.2, 0.25) is 12.8 Å². The van der Waals surface area contributed by atoms with Gasteiger partial charge in [-0.05, 0) is 72.2 Å².